The van der Waals surface area contributed by atoms with Gasteiger partial charge in [-0.2, -0.15) is 0 Å². The van der Waals surface area contributed by atoms with E-state index in [2.05, 4.69) is 10.1 Å². The van der Waals surface area contributed by atoms with E-state index in [4.69, 9.17) is 16.3 Å². The maximum Gasteiger partial charge on any atom is 0.238 e. The Bertz CT molecular complexity index is 647. The second-order valence-electron chi connectivity index (χ2n) is 4.60. The van der Waals surface area contributed by atoms with Crippen LogP contribution >= 0.6 is 11.6 Å². The van der Waals surface area contributed by atoms with Gasteiger partial charge in [0.2, 0.25) is 5.16 Å². The summed E-state index contributed by atoms with van der Waals surface area (Å²) in [5, 5.41) is 14.7. The van der Waals surface area contributed by atoms with E-state index in [0.717, 1.165) is 5.56 Å². The lowest BCUT2D eigenvalue weighted by atomic mass is 10.2. The Labute approximate surface area is 130 Å². The van der Waals surface area contributed by atoms with Crippen LogP contribution in [-0.2, 0) is 17.3 Å². The van der Waals surface area contributed by atoms with Crippen LogP contribution in [0.5, 0.6) is 5.75 Å². The van der Waals surface area contributed by atoms with Crippen molar-refractivity contribution in [1.82, 2.24) is 14.8 Å². The summed E-state index contributed by atoms with van der Waals surface area (Å²) < 4.78 is 18.1. The minimum Gasteiger partial charge on any atom is -0.489 e. The van der Waals surface area contributed by atoms with Crippen molar-refractivity contribution in [2.75, 3.05) is 12.9 Å². The molecule has 0 aliphatic heterocycles. The zero-order chi connectivity index (χ0) is 15.4. The molecular formula is C13H16ClN3O3S. The monoisotopic (exact) mass is 329 g/mol. The normalized spacial score (nSPS) is 13.9. The lowest BCUT2D eigenvalue weighted by molar-refractivity contribution is 0.0890. The van der Waals surface area contributed by atoms with Crippen molar-refractivity contribution < 1.29 is 14.1 Å². The van der Waals surface area contributed by atoms with Crippen LogP contribution in [0.2, 0.25) is 5.02 Å². The SMILES string of the molecule is Cc1ccc(Cl)c(OC[C@@H](O)Cn2cnc([S@@](C)=O)n2)c1. The fraction of sp³-hybridized carbons (Fsp3) is 0.385. The van der Waals surface area contributed by atoms with Crippen LogP contribution in [0.3, 0.4) is 0 Å². The van der Waals surface area contributed by atoms with Crippen molar-refractivity contribution in [2.24, 2.45) is 0 Å². The van der Waals surface area contributed by atoms with E-state index in [9.17, 15) is 9.32 Å². The van der Waals surface area contributed by atoms with Crippen LogP contribution in [0.25, 0.3) is 0 Å². The number of aryl methyl sites for hydroxylation is 1. The molecule has 0 aliphatic carbocycles. The summed E-state index contributed by atoms with van der Waals surface area (Å²) in [5.41, 5.74) is 1.02. The molecule has 0 aliphatic rings. The molecule has 0 fully saturated rings. The third-order valence-electron chi connectivity index (χ3n) is 2.69. The average Bonchev–Trinajstić information content (AvgIpc) is 2.88. The second-order valence-corrected chi connectivity index (χ2v) is 6.28. The molecule has 0 bridgehead atoms. The standard InChI is InChI=1S/C13H16ClN3O3S/c1-9-3-4-11(14)12(5-9)20-7-10(18)6-17-8-15-13(16-17)21(2)19/h3-5,8,10,18H,6-7H2,1-2H3/t10-,21+/m0/s1. The minimum absolute atomic E-state index is 0.0770. The van der Waals surface area contributed by atoms with Crippen molar-refractivity contribution in [3.05, 3.63) is 35.1 Å². The molecule has 114 valence electrons. The van der Waals surface area contributed by atoms with Crippen LogP contribution in [0, 0.1) is 6.92 Å². The summed E-state index contributed by atoms with van der Waals surface area (Å²) in [5.74, 6) is 0.532. The molecule has 2 aromatic rings. The van der Waals surface area contributed by atoms with Gasteiger partial charge in [0.15, 0.2) is 0 Å². The number of aromatic nitrogens is 3. The molecule has 0 unspecified atom stereocenters. The number of hydrogen-bond donors (Lipinski definition) is 1. The zero-order valence-corrected chi connectivity index (χ0v) is 13.3. The fourth-order valence-corrected chi connectivity index (χ4v) is 2.26. The molecule has 0 saturated carbocycles. The molecular weight excluding hydrogens is 314 g/mol. The summed E-state index contributed by atoms with van der Waals surface area (Å²) in [7, 11) is -1.24. The Hall–Kier alpha value is -1.44. The van der Waals surface area contributed by atoms with Crippen molar-refractivity contribution in [3.8, 4) is 5.75 Å². The first-order valence-electron chi connectivity index (χ1n) is 6.25. The van der Waals surface area contributed by atoms with Gasteiger partial charge in [0.25, 0.3) is 0 Å². The van der Waals surface area contributed by atoms with Crippen molar-refractivity contribution in [2.45, 2.75) is 24.7 Å². The maximum absolute atomic E-state index is 11.2. The van der Waals surface area contributed by atoms with Crippen molar-refractivity contribution in [1.29, 1.82) is 0 Å². The topological polar surface area (TPSA) is 77.2 Å². The summed E-state index contributed by atoms with van der Waals surface area (Å²) >= 11 is 6.01. The highest BCUT2D eigenvalue weighted by atomic mass is 35.5. The van der Waals surface area contributed by atoms with Crippen LogP contribution in [0.15, 0.2) is 29.7 Å². The molecule has 2 rings (SSSR count). The Balaban J connectivity index is 1.90. The molecule has 1 N–H and O–H groups in total. The molecule has 0 radical (unpaired) electrons. The number of ether oxygens (including phenoxy) is 1. The lowest BCUT2D eigenvalue weighted by Gasteiger charge is -2.13. The molecule has 1 heterocycles. The molecule has 0 amide bonds. The van der Waals surface area contributed by atoms with Crippen LogP contribution < -0.4 is 4.74 Å². The molecule has 1 aromatic heterocycles. The van der Waals surface area contributed by atoms with Crippen molar-refractivity contribution >= 4 is 22.4 Å². The van der Waals surface area contributed by atoms with E-state index >= 15 is 0 Å². The van der Waals surface area contributed by atoms with E-state index in [1.807, 2.05) is 19.1 Å². The zero-order valence-electron chi connectivity index (χ0n) is 11.7. The average molecular weight is 330 g/mol. The van der Waals surface area contributed by atoms with E-state index in [1.54, 1.807) is 6.07 Å². The van der Waals surface area contributed by atoms with Gasteiger partial charge < -0.3 is 9.84 Å². The second kappa shape index (κ2) is 7.02. The van der Waals surface area contributed by atoms with Gasteiger partial charge in [0.05, 0.1) is 22.4 Å². The number of benzene rings is 1. The first kappa shape index (κ1) is 15.9. The lowest BCUT2D eigenvalue weighted by Crippen LogP contribution is -2.24. The van der Waals surface area contributed by atoms with Gasteiger partial charge >= 0.3 is 0 Å². The number of halogens is 1. The Morgan fingerprint density at radius 3 is 2.95 bits per heavy atom. The molecule has 8 heteroatoms. The molecule has 1 aromatic carbocycles. The quantitative estimate of drug-likeness (QED) is 0.867. The van der Waals surface area contributed by atoms with Gasteiger partial charge in [0, 0.05) is 6.26 Å². The van der Waals surface area contributed by atoms with Gasteiger partial charge in [-0.15, -0.1) is 5.10 Å². The minimum atomic E-state index is -1.24. The highest BCUT2D eigenvalue weighted by molar-refractivity contribution is 7.84. The molecule has 0 saturated heterocycles. The maximum atomic E-state index is 11.2. The van der Waals surface area contributed by atoms with Gasteiger partial charge in [-0.05, 0) is 24.6 Å². The van der Waals surface area contributed by atoms with Crippen molar-refractivity contribution in [3.63, 3.8) is 0 Å². The molecule has 6 nitrogen and oxygen atoms in total. The van der Waals surface area contributed by atoms with Gasteiger partial charge in [-0.3, -0.25) is 4.21 Å². The fourth-order valence-electron chi connectivity index (χ4n) is 1.67. The summed E-state index contributed by atoms with van der Waals surface area (Å²) in [4.78, 5) is 3.89. The van der Waals surface area contributed by atoms with E-state index in [0.29, 0.717) is 10.8 Å². The number of nitrogens with zero attached hydrogens (tertiary/aromatic N) is 3. The summed E-state index contributed by atoms with van der Waals surface area (Å²) in [6, 6.07) is 5.44. The van der Waals surface area contributed by atoms with E-state index in [1.165, 1.54) is 17.3 Å². The number of hydrogen-bond acceptors (Lipinski definition) is 5. The largest absolute Gasteiger partial charge is 0.489 e. The number of aliphatic hydroxyl groups excluding tert-OH is 1. The molecule has 0 spiro atoms. The predicted molar refractivity (Wildman–Crippen MR) is 80.0 cm³/mol. The Kier molecular flexibility index (Phi) is 5.33. The van der Waals surface area contributed by atoms with E-state index < -0.39 is 16.9 Å². The Morgan fingerprint density at radius 2 is 2.29 bits per heavy atom. The molecule has 21 heavy (non-hydrogen) atoms. The van der Waals surface area contributed by atoms with E-state index in [-0.39, 0.29) is 18.3 Å². The third-order valence-corrected chi connectivity index (χ3v) is 3.70. The third kappa shape index (κ3) is 4.52. The first-order chi connectivity index (χ1) is 9.95. The van der Waals surface area contributed by atoms with Gasteiger partial charge in [-0.25, -0.2) is 9.67 Å². The highest BCUT2D eigenvalue weighted by Gasteiger charge is 2.11. The smallest absolute Gasteiger partial charge is 0.238 e. The van der Waals surface area contributed by atoms with Crippen LogP contribution in [-0.4, -0.2) is 43.0 Å². The van der Waals surface area contributed by atoms with Gasteiger partial charge in [-0.1, -0.05) is 17.7 Å². The number of rotatable bonds is 6. The van der Waals surface area contributed by atoms with Gasteiger partial charge in [0.1, 0.15) is 24.8 Å². The summed E-state index contributed by atoms with van der Waals surface area (Å²) in [6.45, 7) is 2.21. The first-order valence-corrected chi connectivity index (χ1v) is 8.19. The summed E-state index contributed by atoms with van der Waals surface area (Å²) in [6.07, 6.45) is 2.15. The predicted octanol–water partition coefficient (Wildman–Crippen LogP) is 1.42. The Morgan fingerprint density at radius 1 is 1.52 bits per heavy atom. The molecule has 2 atom stereocenters. The van der Waals surface area contributed by atoms with Crippen LogP contribution in [0.4, 0.5) is 0 Å². The highest BCUT2D eigenvalue weighted by Crippen LogP contribution is 2.25. The number of aliphatic hydroxyl groups is 1. The van der Waals surface area contributed by atoms with Crippen LogP contribution in [0.1, 0.15) is 5.56 Å².